The Bertz CT molecular complexity index is 3120. The number of hydrogen-bond donors (Lipinski definition) is 0. The Labute approximate surface area is 317 Å². The average Bonchev–Trinajstić information content (AvgIpc) is 3.67. The molecular weight excluding hydrogens is 671 g/mol. The Morgan fingerprint density at radius 3 is 1.33 bits per heavy atom. The van der Waals surface area contributed by atoms with E-state index in [1.165, 1.54) is 0 Å². The highest BCUT2D eigenvalue weighted by atomic mass is 16.3. The van der Waals surface area contributed by atoms with Crippen molar-refractivity contribution in [3.8, 4) is 56.4 Å². The molecule has 0 radical (unpaired) electrons. The molecule has 0 N–H and O–H groups in total. The molecule has 0 aliphatic carbocycles. The van der Waals surface area contributed by atoms with Gasteiger partial charge in [-0.3, -0.25) is 0 Å². The van der Waals surface area contributed by atoms with E-state index in [-0.39, 0.29) is 0 Å². The van der Waals surface area contributed by atoms with Crippen molar-refractivity contribution in [1.82, 2.24) is 15.0 Å². The highest BCUT2D eigenvalue weighted by Crippen LogP contribution is 2.45. The number of benzene rings is 9. The van der Waals surface area contributed by atoms with Crippen LogP contribution in [-0.4, -0.2) is 15.0 Å². The molecule has 9 aromatic carbocycles. The Kier molecular flexibility index (Phi) is 7.14. The standard InChI is InChI=1S/C51H31N3O/c1-3-11-32(12-4-1)34-19-24-38(25-20-34)49-52-50(39-26-21-35(22-27-39)33-13-5-2-6-14-33)54-51(53-49)43-31-40-28-23-36-15-7-9-17-41(36)45(40)48-47(43)46-42-18-10-8-16-37(42)29-30-44(46)55-48/h1-31H. The summed E-state index contributed by atoms with van der Waals surface area (Å²) in [4.78, 5) is 15.7. The van der Waals surface area contributed by atoms with Gasteiger partial charge in [-0.25, -0.2) is 15.0 Å². The van der Waals surface area contributed by atoms with Crippen molar-refractivity contribution in [1.29, 1.82) is 0 Å². The van der Waals surface area contributed by atoms with Gasteiger partial charge in [-0.2, -0.15) is 0 Å². The van der Waals surface area contributed by atoms with E-state index in [0.717, 1.165) is 93.2 Å². The number of fused-ring (bicyclic) bond motifs is 9. The van der Waals surface area contributed by atoms with Crippen molar-refractivity contribution in [2.75, 3.05) is 0 Å². The fourth-order valence-electron chi connectivity index (χ4n) is 8.01. The molecular formula is C51H31N3O. The van der Waals surface area contributed by atoms with Crippen molar-refractivity contribution in [2.45, 2.75) is 0 Å². The fourth-order valence-corrected chi connectivity index (χ4v) is 8.01. The summed E-state index contributed by atoms with van der Waals surface area (Å²) in [6, 6.07) is 65.6. The summed E-state index contributed by atoms with van der Waals surface area (Å²) in [6.45, 7) is 0. The van der Waals surface area contributed by atoms with Crippen LogP contribution in [0, 0.1) is 0 Å². The topological polar surface area (TPSA) is 51.8 Å². The largest absolute Gasteiger partial charge is 0.455 e. The van der Waals surface area contributed by atoms with Gasteiger partial charge in [0.2, 0.25) is 0 Å². The van der Waals surface area contributed by atoms with Crippen LogP contribution in [0.25, 0.3) is 111 Å². The second-order valence-electron chi connectivity index (χ2n) is 14.0. The SMILES string of the molecule is c1ccc(-c2ccc(-c3nc(-c4ccc(-c5ccccc5)cc4)nc(-c4cc5ccc6ccccc6c5c5oc6ccc7ccccc7c6c45)n3)cc2)cc1. The highest BCUT2D eigenvalue weighted by Gasteiger charge is 2.22. The van der Waals surface area contributed by atoms with Crippen LogP contribution in [0.5, 0.6) is 0 Å². The van der Waals surface area contributed by atoms with Crippen LogP contribution in [0.15, 0.2) is 192 Å². The van der Waals surface area contributed by atoms with Crippen molar-refractivity contribution in [3.05, 3.63) is 188 Å². The number of hydrogen-bond acceptors (Lipinski definition) is 4. The van der Waals surface area contributed by atoms with Crippen molar-refractivity contribution in [3.63, 3.8) is 0 Å². The lowest BCUT2D eigenvalue weighted by molar-refractivity contribution is 0.673. The Hall–Kier alpha value is -7.43. The van der Waals surface area contributed by atoms with Crippen molar-refractivity contribution >= 4 is 54.3 Å². The zero-order valence-electron chi connectivity index (χ0n) is 29.6. The van der Waals surface area contributed by atoms with Gasteiger partial charge in [-0.15, -0.1) is 0 Å². The minimum atomic E-state index is 0.593. The third-order valence-electron chi connectivity index (χ3n) is 10.7. The first-order valence-electron chi connectivity index (χ1n) is 18.5. The first kappa shape index (κ1) is 31.1. The molecule has 0 spiro atoms. The van der Waals surface area contributed by atoms with Crippen LogP contribution < -0.4 is 0 Å². The van der Waals surface area contributed by atoms with Gasteiger partial charge >= 0.3 is 0 Å². The molecule has 0 aliphatic rings. The summed E-state index contributed by atoms with van der Waals surface area (Å²) in [6.07, 6.45) is 0. The monoisotopic (exact) mass is 701 g/mol. The molecule has 11 aromatic rings. The molecule has 2 heterocycles. The summed E-state index contributed by atoms with van der Waals surface area (Å²) in [5, 5.41) is 8.79. The minimum Gasteiger partial charge on any atom is -0.455 e. The van der Waals surface area contributed by atoms with Gasteiger partial charge in [0.15, 0.2) is 17.5 Å². The Morgan fingerprint density at radius 1 is 0.309 bits per heavy atom. The van der Waals surface area contributed by atoms with Gasteiger partial charge in [0.25, 0.3) is 0 Å². The van der Waals surface area contributed by atoms with E-state index in [4.69, 9.17) is 19.4 Å². The van der Waals surface area contributed by atoms with E-state index in [9.17, 15) is 0 Å². The molecule has 4 heteroatoms. The Balaban J connectivity index is 1.19. The molecule has 4 nitrogen and oxygen atoms in total. The van der Waals surface area contributed by atoms with Gasteiger partial charge in [0.05, 0.1) is 0 Å². The van der Waals surface area contributed by atoms with Crippen LogP contribution in [-0.2, 0) is 0 Å². The Morgan fingerprint density at radius 2 is 0.745 bits per heavy atom. The van der Waals surface area contributed by atoms with Gasteiger partial charge < -0.3 is 4.42 Å². The van der Waals surface area contributed by atoms with Crippen LogP contribution >= 0.6 is 0 Å². The van der Waals surface area contributed by atoms with Crippen LogP contribution in [0.3, 0.4) is 0 Å². The van der Waals surface area contributed by atoms with Gasteiger partial charge in [0.1, 0.15) is 11.2 Å². The van der Waals surface area contributed by atoms with E-state index in [0.29, 0.717) is 17.5 Å². The molecule has 256 valence electrons. The van der Waals surface area contributed by atoms with E-state index in [1.54, 1.807) is 0 Å². The normalized spacial score (nSPS) is 11.6. The summed E-state index contributed by atoms with van der Waals surface area (Å²) in [5.74, 6) is 1.81. The molecule has 0 fully saturated rings. The maximum absolute atomic E-state index is 6.91. The third kappa shape index (κ3) is 5.26. The number of furan rings is 1. The smallest absolute Gasteiger partial charge is 0.164 e. The molecule has 0 aliphatic heterocycles. The second kappa shape index (κ2) is 12.6. The van der Waals surface area contributed by atoms with E-state index < -0.39 is 0 Å². The maximum Gasteiger partial charge on any atom is 0.164 e. The van der Waals surface area contributed by atoms with Crippen molar-refractivity contribution in [2.24, 2.45) is 0 Å². The fraction of sp³-hybridized carbons (Fsp3) is 0. The highest BCUT2D eigenvalue weighted by molar-refractivity contribution is 6.30. The molecule has 2 aromatic heterocycles. The van der Waals surface area contributed by atoms with Crippen LogP contribution in [0.1, 0.15) is 0 Å². The third-order valence-corrected chi connectivity index (χ3v) is 10.7. The number of aromatic nitrogens is 3. The first-order chi connectivity index (χ1) is 27.2. The van der Waals surface area contributed by atoms with Gasteiger partial charge in [0, 0.05) is 32.8 Å². The lowest BCUT2D eigenvalue weighted by Crippen LogP contribution is -2.01. The van der Waals surface area contributed by atoms with Crippen molar-refractivity contribution < 1.29 is 4.42 Å². The van der Waals surface area contributed by atoms with E-state index >= 15 is 0 Å². The molecule has 11 rings (SSSR count). The summed E-state index contributed by atoms with van der Waals surface area (Å²) < 4.78 is 6.91. The molecule has 0 bridgehead atoms. The summed E-state index contributed by atoms with van der Waals surface area (Å²) in [7, 11) is 0. The number of nitrogens with zero attached hydrogens (tertiary/aromatic N) is 3. The van der Waals surface area contributed by atoms with E-state index in [1.807, 2.05) is 12.1 Å². The second-order valence-corrected chi connectivity index (χ2v) is 14.0. The summed E-state index contributed by atoms with van der Waals surface area (Å²) >= 11 is 0. The zero-order chi connectivity index (χ0) is 36.3. The maximum atomic E-state index is 6.91. The van der Waals surface area contributed by atoms with Gasteiger partial charge in [-0.1, -0.05) is 176 Å². The van der Waals surface area contributed by atoms with Gasteiger partial charge in [-0.05, 0) is 61.3 Å². The minimum absolute atomic E-state index is 0.593. The molecule has 0 saturated carbocycles. The zero-order valence-corrected chi connectivity index (χ0v) is 29.6. The van der Waals surface area contributed by atoms with E-state index in [2.05, 4.69) is 176 Å². The number of rotatable bonds is 5. The molecule has 0 amide bonds. The lowest BCUT2D eigenvalue weighted by Gasteiger charge is -2.12. The summed E-state index contributed by atoms with van der Waals surface area (Å²) in [5.41, 5.74) is 8.98. The predicted molar refractivity (Wildman–Crippen MR) is 227 cm³/mol. The first-order valence-corrected chi connectivity index (χ1v) is 18.5. The molecule has 0 saturated heterocycles. The molecule has 55 heavy (non-hydrogen) atoms. The van der Waals surface area contributed by atoms with Crippen LogP contribution in [0.2, 0.25) is 0 Å². The quantitative estimate of drug-likeness (QED) is 0.168. The van der Waals surface area contributed by atoms with Crippen LogP contribution in [0.4, 0.5) is 0 Å². The average molecular weight is 702 g/mol. The predicted octanol–water partition coefficient (Wildman–Crippen LogP) is 13.6. The molecule has 0 unspecified atom stereocenters. The molecule has 0 atom stereocenters. The lowest BCUT2D eigenvalue weighted by atomic mass is 9.94.